The van der Waals surface area contributed by atoms with E-state index in [1.54, 1.807) is 10.6 Å². The van der Waals surface area contributed by atoms with Crippen LogP contribution >= 0.6 is 0 Å². The molecule has 1 aromatic heterocycles. The molecule has 4 rings (SSSR count). The molecule has 2 heterocycles. The first kappa shape index (κ1) is 18.4. The summed E-state index contributed by atoms with van der Waals surface area (Å²) in [5.41, 5.74) is 2.18. The topological polar surface area (TPSA) is 60.3 Å². The van der Waals surface area contributed by atoms with Crippen molar-refractivity contribution in [3.8, 4) is 0 Å². The van der Waals surface area contributed by atoms with Crippen molar-refractivity contribution in [3.63, 3.8) is 0 Å². The smallest absolute Gasteiger partial charge is 0.258 e. The van der Waals surface area contributed by atoms with Crippen LogP contribution < -0.4 is 10.9 Å². The molecule has 0 unspecified atom stereocenters. The minimum atomic E-state index is -0.169. The predicted molar refractivity (Wildman–Crippen MR) is 111 cm³/mol. The van der Waals surface area contributed by atoms with Crippen molar-refractivity contribution in [1.82, 2.24) is 4.57 Å². The molecule has 3 aromatic rings. The fraction of sp³-hybridized carbons (Fsp3) is 0.304. The maximum absolute atomic E-state index is 13.0. The Hall–Kier alpha value is -2.92. The van der Waals surface area contributed by atoms with Gasteiger partial charge in [-0.3, -0.25) is 9.59 Å². The number of hydrogen-bond acceptors (Lipinski definition) is 3. The molecule has 2 aromatic carbocycles. The van der Waals surface area contributed by atoms with Crippen LogP contribution in [0.3, 0.4) is 0 Å². The number of carbonyl (C=O) groups is 1. The lowest BCUT2D eigenvalue weighted by Gasteiger charge is -2.23. The summed E-state index contributed by atoms with van der Waals surface area (Å²) in [5, 5.41) is 4.35. The third-order valence-corrected chi connectivity index (χ3v) is 5.45. The summed E-state index contributed by atoms with van der Waals surface area (Å²) >= 11 is 0. The number of anilines is 1. The van der Waals surface area contributed by atoms with Gasteiger partial charge in [-0.05, 0) is 55.5 Å². The molecule has 0 atom stereocenters. The van der Waals surface area contributed by atoms with Gasteiger partial charge in [0.25, 0.3) is 11.5 Å². The van der Waals surface area contributed by atoms with Gasteiger partial charge >= 0.3 is 0 Å². The fourth-order valence-electron chi connectivity index (χ4n) is 3.80. The molecule has 0 saturated carbocycles. The third-order valence-electron chi connectivity index (χ3n) is 5.45. The zero-order valence-corrected chi connectivity index (χ0v) is 16.0. The molecule has 1 aliphatic heterocycles. The number of ether oxygens (including phenoxy) is 1. The van der Waals surface area contributed by atoms with E-state index < -0.39 is 0 Å². The van der Waals surface area contributed by atoms with Crippen LogP contribution in [-0.2, 0) is 11.3 Å². The average Bonchev–Trinajstić information content (AvgIpc) is 2.71. The summed E-state index contributed by atoms with van der Waals surface area (Å²) < 4.78 is 7.19. The molecule has 1 amide bonds. The first-order valence-electron chi connectivity index (χ1n) is 9.70. The van der Waals surface area contributed by atoms with Crippen molar-refractivity contribution in [2.24, 2.45) is 5.92 Å². The monoisotopic (exact) mass is 376 g/mol. The number of pyridine rings is 1. The predicted octanol–water partition coefficient (Wildman–Crippen LogP) is 3.99. The number of aromatic nitrogens is 1. The Morgan fingerprint density at radius 2 is 1.86 bits per heavy atom. The summed E-state index contributed by atoms with van der Waals surface area (Å²) in [5.74, 6) is 0.296. The van der Waals surface area contributed by atoms with Crippen molar-refractivity contribution in [1.29, 1.82) is 0 Å². The van der Waals surface area contributed by atoms with Gasteiger partial charge in [-0.2, -0.15) is 0 Å². The zero-order valence-electron chi connectivity index (χ0n) is 16.0. The Morgan fingerprint density at radius 3 is 2.64 bits per heavy atom. The highest BCUT2D eigenvalue weighted by atomic mass is 16.5. The number of aryl methyl sites for hydroxylation is 1. The number of rotatable bonds is 4. The zero-order chi connectivity index (χ0) is 19.5. The number of hydrogen-bond donors (Lipinski definition) is 1. The van der Waals surface area contributed by atoms with Crippen molar-refractivity contribution < 1.29 is 9.53 Å². The van der Waals surface area contributed by atoms with Crippen LogP contribution in [0.5, 0.6) is 0 Å². The maximum atomic E-state index is 13.0. The molecule has 5 heteroatoms. The van der Waals surface area contributed by atoms with E-state index in [1.165, 1.54) is 0 Å². The van der Waals surface area contributed by atoms with Gasteiger partial charge in [0.1, 0.15) is 0 Å². The van der Waals surface area contributed by atoms with Crippen molar-refractivity contribution in [2.45, 2.75) is 26.3 Å². The molecule has 144 valence electrons. The molecular weight excluding hydrogens is 352 g/mol. The third kappa shape index (κ3) is 3.71. The Morgan fingerprint density at radius 1 is 1.07 bits per heavy atom. The highest BCUT2D eigenvalue weighted by Gasteiger charge is 2.16. The maximum Gasteiger partial charge on any atom is 0.258 e. The molecule has 0 radical (unpaired) electrons. The largest absolute Gasteiger partial charge is 0.381 e. The number of nitrogens with zero attached hydrogens (tertiary/aromatic N) is 1. The lowest BCUT2D eigenvalue weighted by Crippen LogP contribution is -2.27. The Balaban J connectivity index is 1.63. The molecule has 1 N–H and O–H groups in total. The minimum absolute atomic E-state index is 0.0176. The van der Waals surface area contributed by atoms with Crippen molar-refractivity contribution in [3.05, 3.63) is 76.2 Å². The van der Waals surface area contributed by atoms with Gasteiger partial charge in [-0.15, -0.1) is 0 Å². The Kier molecular flexibility index (Phi) is 5.26. The number of fused-ring (bicyclic) bond motifs is 1. The first-order valence-corrected chi connectivity index (χ1v) is 9.70. The highest BCUT2D eigenvalue weighted by Crippen LogP contribution is 2.23. The van der Waals surface area contributed by atoms with Gasteiger partial charge in [-0.25, -0.2) is 0 Å². The van der Waals surface area contributed by atoms with Gasteiger partial charge < -0.3 is 14.6 Å². The molecule has 0 spiro atoms. The van der Waals surface area contributed by atoms with Crippen LogP contribution in [0.15, 0.2) is 59.5 Å². The molecule has 1 fully saturated rings. The summed E-state index contributed by atoms with van der Waals surface area (Å²) in [6, 6.07) is 14.9. The molecule has 0 bridgehead atoms. The quantitative estimate of drug-likeness (QED) is 0.749. The molecule has 28 heavy (non-hydrogen) atoms. The number of carbonyl (C=O) groups excluding carboxylic acids is 1. The SMILES string of the molecule is Cc1ccccc1C(=O)Nc1cccc2c(=O)n(CC3CCOCC3)ccc12. The number of amides is 1. The second-order valence-corrected chi connectivity index (χ2v) is 7.36. The van der Waals surface area contributed by atoms with E-state index in [1.807, 2.05) is 55.6 Å². The summed E-state index contributed by atoms with van der Waals surface area (Å²) in [7, 11) is 0. The molecule has 1 aliphatic rings. The van der Waals surface area contributed by atoms with Gasteiger partial charge in [0.05, 0.1) is 0 Å². The second kappa shape index (κ2) is 7.98. The Bertz CT molecular complexity index is 1060. The van der Waals surface area contributed by atoms with Crippen LogP contribution in [0.25, 0.3) is 10.8 Å². The van der Waals surface area contributed by atoms with Crippen molar-refractivity contribution >= 4 is 22.4 Å². The van der Waals surface area contributed by atoms with E-state index >= 15 is 0 Å². The van der Waals surface area contributed by atoms with Gasteiger partial charge in [0, 0.05) is 48.0 Å². The van der Waals surface area contributed by atoms with E-state index in [0.29, 0.717) is 29.1 Å². The standard InChI is InChI=1S/C23H24N2O3/c1-16-5-2-3-6-18(16)22(26)24-21-8-4-7-20-19(21)9-12-25(23(20)27)15-17-10-13-28-14-11-17/h2-9,12,17H,10-11,13-15H2,1H3,(H,24,26). The lowest BCUT2D eigenvalue weighted by atomic mass is 10.00. The molecular formula is C23H24N2O3. The van der Waals surface area contributed by atoms with E-state index in [9.17, 15) is 9.59 Å². The van der Waals surface area contributed by atoms with E-state index in [4.69, 9.17) is 4.74 Å². The Labute approximate surface area is 163 Å². The summed E-state index contributed by atoms with van der Waals surface area (Å²) in [6.07, 6.45) is 3.80. The van der Waals surface area contributed by atoms with Crippen LogP contribution in [0.2, 0.25) is 0 Å². The van der Waals surface area contributed by atoms with Crippen LogP contribution in [0.1, 0.15) is 28.8 Å². The van der Waals surface area contributed by atoms with Crippen LogP contribution in [-0.4, -0.2) is 23.7 Å². The van der Waals surface area contributed by atoms with E-state index in [0.717, 1.165) is 37.0 Å². The van der Waals surface area contributed by atoms with Gasteiger partial charge in [0.15, 0.2) is 0 Å². The van der Waals surface area contributed by atoms with Crippen LogP contribution in [0.4, 0.5) is 5.69 Å². The first-order chi connectivity index (χ1) is 13.6. The molecule has 1 saturated heterocycles. The van der Waals surface area contributed by atoms with Crippen molar-refractivity contribution in [2.75, 3.05) is 18.5 Å². The fourth-order valence-corrected chi connectivity index (χ4v) is 3.80. The minimum Gasteiger partial charge on any atom is -0.381 e. The summed E-state index contributed by atoms with van der Waals surface area (Å²) in [6.45, 7) is 4.15. The molecule has 5 nitrogen and oxygen atoms in total. The highest BCUT2D eigenvalue weighted by molar-refractivity contribution is 6.09. The number of nitrogens with one attached hydrogen (secondary N) is 1. The van der Waals surface area contributed by atoms with Gasteiger partial charge in [-0.1, -0.05) is 24.3 Å². The van der Waals surface area contributed by atoms with Crippen LogP contribution in [0, 0.1) is 12.8 Å². The lowest BCUT2D eigenvalue weighted by molar-refractivity contribution is 0.0610. The van der Waals surface area contributed by atoms with E-state index in [2.05, 4.69) is 5.32 Å². The normalized spacial score (nSPS) is 14.9. The van der Waals surface area contributed by atoms with E-state index in [-0.39, 0.29) is 11.5 Å². The van der Waals surface area contributed by atoms with Gasteiger partial charge in [0.2, 0.25) is 0 Å². The average molecular weight is 376 g/mol. The number of benzene rings is 2. The second-order valence-electron chi connectivity index (χ2n) is 7.36. The molecule has 0 aliphatic carbocycles. The summed E-state index contributed by atoms with van der Waals surface area (Å²) in [4.78, 5) is 25.7.